The zero-order valence-electron chi connectivity index (χ0n) is 17.0. The van der Waals surface area contributed by atoms with Gasteiger partial charge in [-0.05, 0) is 48.2 Å². The summed E-state index contributed by atoms with van der Waals surface area (Å²) in [5.74, 6) is -0.927. The molecule has 2 N–H and O–H groups in total. The first-order valence-corrected chi connectivity index (χ1v) is 10.3. The van der Waals surface area contributed by atoms with E-state index in [-0.39, 0.29) is 5.82 Å². The minimum atomic E-state index is -1.13. The molecule has 3 heterocycles. The van der Waals surface area contributed by atoms with Gasteiger partial charge in [0.2, 0.25) is 0 Å². The first-order valence-electron chi connectivity index (χ1n) is 10.3. The maximum atomic E-state index is 15.1. The predicted octanol–water partition coefficient (Wildman–Crippen LogP) is 5.21. The van der Waals surface area contributed by atoms with E-state index in [1.54, 1.807) is 42.7 Å². The van der Waals surface area contributed by atoms with Crippen molar-refractivity contribution in [3.8, 4) is 17.0 Å². The van der Waals surface area contributed by atoms with Crippen LogP contribution in [0.3, 0.4) is 0 Å². The molecular weight excluding hydrogens is 413 g/mol. The number of aliphatic carboxylic acids is 1. The lowest BCUT2D eigenvalue weighted by atomic mass is 9.94. The van der Waals surface area contributed by atoms with Crippen molar-refractivity contribution >= 4 is 17.1 Å². The molecule has 0 saturated carbocycles. The van der Waals surface area contributed by atoms with Crippen molar-refractivity contribution in [2.24, 2.45) is 0 Å². The SMILES string of the molecule is O=C(O)C[C@@H](O)c1ccc2c(c1)OC(c1ccc(-c3ccc4occc4n3)cc1F)CC2. The Morgan fingerprint density at radius 1 is 1.16 bits per heavy atom. The van der Waals surface area contributed by atoms with E-state index in [4.69, 9.17) is 14.3 Å². The van der Waals surface area contributed by atoms with Gasteiger partial charge in [0.05, 0.1) is 24.5 Å². The smallest absolute Gasteiger partial charge is 0.306 e. The van der Waals surface area contributed by atoms with Gasteiger partial charge >= 0.3 is 5.97 Å². The molecule has 0 amide bonds. The summed E-state index contributed by atoms with van der Waals surface area (Å²) in [6.45, 7) is 0. The Hall–Kier alpha value is -3.71. The van der Waals surface area contributed by atoms with E-state index in [1.165, 1.54) is 6.07 Å². The number of halogens is 1. The van der Waals surface area contributed by atoms with E-state index >= 15 is 4.39 Å². The number of aromatic nitrogens is 1. The van der Waals surface area contributed by atoms with Crippen molar-refractivity contribution < 1.29 is 28.6 Å². The summed E-state index contributed by atoms with van der Waals surface area (Å²) >= 11 is 0. The van der Waals surface area contributed by atoms with E-state index in [2.05, 4.69) is 4.98 Å². The summed E-state index contributed by atoms with van der Waals surface area (Å²) in [6.07, 6.45) is 0.867. The molecule has 6 nitrogen and oxygen atoms in total. The molecule has 5 rings (SSSR count). The van der Waals surface area contributed by atoms with Crippen LogP contribution in [0.2, 0.25) is 0 Å². The molecular formula is C25H20FNO5. The normalized spacial score (nSPS) is 16.4. The summed E-state index contributed by atoms with van der Waals surface area (Å²) in [5, 5.41) is 19.0. The fourth-order valence-electron chi connectivity index (χ4n) is 4.06. The van der Waals surface area contributed by atoms with Crippen molar-refractivity contribution in [2.45, 2.75) is 31.5 Å². The number of furan rings is 1. The number of nitrogens with zero attached hydrogens (tertiary/aromatic N) is 1. The highest BCUT2D eigenvalue weighted by molar-refractivity contribution is 5.76. The summed E-state index contributed by atoms with van der Waals surface area (Å²) in [6, 6.07) is 15.5. The second-order valence-electron chi connectivity index (χ2n) is 7.86. The first-order chi connectivity index (χ1) is 15.5. The molecule has 0 aliphatic carbocycles. The number of pyridine rings is 1. The maximum Gasteiger partial charge on any atom is 0.306 e. The van der Waals surface area contributed by atoms with Crippen molar-refractivity contribution in [3.63, 3.8) is 0 Å². The fraction of sp³-hybridized carbons (Fsp3) is 0.200. The molecule has 2 atom stereocenters. The van der Waals surface area contributed by atoms with Crippen molar-refractivity contribution in [1.82, 2.24) is 4.98 Å². The average Bonchev–Trinajstić information content (AvgIpc) is 3.26. The predicted molar refractivity (Wildman–Crippen MR) is 115 cm³/mol. The lowest BCUT2D eigenvalue weighted by Gasteiger charge is -2.27. The molecule has 1 aliphatic heterocycles. The van der Waals surface area contributed by atoms with Crippen LogP contribution in [0.1, 0.15) is 41.7 Å². The van der Waals surface area contributed by atoms with Gasteiger partial charge < -0.3 is 19.4 Å². The van der Waals surface area contributed by atoms with Crippen LogP contribution in [0.4, 0.5) is 4.39 Å². The Morgan fingerprint density at radius 2 is 2.03 bits per heavy atom. The second kappa shape index (κ2) is 8.09. The average molecular weight is 433 g/mol. The number of rotatable bonds is 5. The number of aryl methyl sites for hydroxylation is 1. The van der Waals surface area contributed by atoms with Gasteiger partial charge in [-0.25, -0.2) is 9.37 Å². The van der Waals surface area contributed by atoms with Gasteiger partial charge in [0, 0.05) is 17.2 Å². The number of hydrogen-bond acceptors (Lipinski definition) is 5. The zero-order chi connectivity index (χ0) is 22.2. The molecule has 162 valence electrons. The topological polar surface area (TPSA) is 92.8 Å². The number of carboxylic acid groups (broad SMARTS) is 1. The van der Waals surface area contributed by atoms with Crippen LogP contribution in [0.15, 0.2) is 65.3 Å². The van der Waals surface area contributed by atoms with Gasteiger partial charge in [-0.1, -0.05) is 24.3 Å². The maximum absolute atomic E-state index is 15.1. The summed E-state index contributed by atoms with van der Waals surface area (Å²) < 4.78 is 26.4. The number of ether oxygens (including phenoxy) is 1. The van der Waals surface area contributed by atoms with Gasteiger partial charge in [0.25, 0.3) is 0 Å². The molecule has 0 spiro atoms. The molecule has 4 aromatic rings. The number of carbonyl (C=O) groups is 1. The number of hydrogen-bond donors (Lipinski definition) is 2. The Morgan fingerprint density at radius 3 is 2.84 bits per heavy atom. The minimum absolute atomic E-state index is 0.382. The number of fused-ring (bicyclic) bond motifs is 2. The van der Waals surface area contributed by atoms with Crippen LogP contribution >= 0.6 is 0 Å². The molecule has 0 radical (unpaired) electrons. The monoisotopic (exact) mass is 433 g/mol. The lowest BCUT2D eigenvalue weighted by molar-refractivity contribution is -0.139. The van der Waals surface area contributed by atoms with Crippen LogP contribution in [-0.4, -0.2) is 21.2 Å². The Labute approximate surface area is 182 Å². The fourth-order valence-corrected chi connectivity index (χ4v) is 4.06. The van der Waals surface area contributed by atoms with E-state index in [0.717, 1.165) is 5.56 Å². The lowest BCUT2D eigenvalue weighted by Crippen LogP contribution is -2.17. The molecule has 2 aromatic heterocycles. The summed E-state index contributed by atoms with van der Waals surface area (Å²) in [5.41, 5.74) is 4.54. The third-order valence-corrected chi connectivity index (χ3v) is 5.74. The van der Waals surface area contributed by atoms with Crippen LogP contribution < -0.4 is 4.74 Å². The molecule has 0 fully saturated rings. The molecule has 0 saturated heterocycles. The number of aliphatic hydroxyl groups excluding tert-OH is 1. The molecule has 32 heavy (non-hydrogen) atoms. The molecule has 1 aliphatic rings. The largest absolute Gasteiger partial charge is 0.485 e. The summed E-state index contributed by atoms with van der Waals surface area (Å²) in [4.78, 5) is 15.4. The quantitative estimate of drug-likeness (QED) is 0.449. The van der Waals surface area contributed by atoms with Crippen molar-refractivity contribution in [2.75, 3.05) is 0 Å². The first kappa shape index (κ1) is 20.2. The number of aliphatic hydroxyl groups is 1. The van der Waals surface area contributed by atoms with E-state index in [9.17, 15) is 9.90 Å². The minimum Gasteiger partial charge on any atom is -0.485 e. The van der Waals surface area contributed by atoms with Gasteiger partial charge in [0.15, 0.2) is 5.58 Å². The zero-order valence-corrected chi connectivity index (χ0v) is 17.0. The van der Waals surface area contributed by atoms with Gasteiger partial charge in [-0.2, -0.15) is 0 Å². The highest BCUT2D eigenvalue weighted by Gasteiger charge is 2.25. The van der Waals surface area contributed by atoms with Gasteiger partial charge in [-0.3, -0.25) is 4.79 Å². The van der Waals surface area contributed by atoms with Crippen molar-refractivity contribution in [1.29, 1.82) is 0 Å². The van der Waals surface area contributed by atoms with Crippen LogP contribution in [0.5, 0.6) is 5.75 Å². The second-order valence-corrected chi connectivity index (χ2v) is 7.86. The third-order valence-electron chi connectivity index (χ3n) is 5.74. The summed E-state index contributed by atoms with van der Waals surface area (Å²) in [7, 11) is 0. The van der Waals surface area contributed by atoms with Crippen LogP contribution in [0, 0.1) is 5.82 Å². The molecule has 0 bridgehead atoms. The standard InChI is InChI=1S/C25H20FNO5/c26-18-11-15(19-6-8-23-20(27-19)9-10-31-23)3-5-17(18)22-7-4-14-1-2-16(12-24(14)32-22)21(28)13-25(29)30/h1-3,5-6,8-12,21-22,28H,4,7,13H2,(H,29,30)/t21-,22?/m1/s1. The van der Waals surface area contributed by atoms with E-state index in [0.29, 0.717) is 52.1 Å². The van der Waals surface area contributed by atoms with E-state index in [1.807, 2.05) is 12.1 Å². The van der Waals surface area contributed by atoms with Gasteiger partial charge in [0.1, 0.15) is 23.2 Å². The Bertz CT molecular complexity index is 1310. The number of carboxylic acids is 1. The van der Waals surface area contributed by atoms with Gasteiger partial charge in [-0.15, -0.1) is 0 Å². The third kappa shape index (κ3) is 3.83. The number of benzene rings is 2. The Kier molecular flexibility index (Phi) is 5.11. The highest BCUT2D eigenvalue weighted by atomic mass is 19.1. The van der Waals surface area contributed by atoms with Crippen molar-refractivity contribution in [3.05, 3.63) is 83.4 Å². The van der Waals surface area contributed by atoms with Crippen LogP contribution in [-0.2, 0) is 11.2 Å². The highest BCUT2D eigenvalue weighted by Crippen LogP contribution is 2.38. The van der Waals surface area contributed by atoms with Crippen LogP contribution in [0.25, 0.3) is 22.4 Å². The molecule has 7 heteroatoms. The molecule has 1 unspecified atom stereocenters. The van der Waals surface area contributed by atoms with E-state index < -0.39 is 24.6 Å². The molecule has 2 aromatic carbocycles. The Balaban J connectivity index is 1.39.